The van der Waals surface area contributed by atoms with Crippen molar-refractivity contribution in [3.05, 3.63) is 52.6 Å². The van der Waals surface area contributed by atoms with Crippen LogP contribution >= 0.6 is 0 Å². The normalized spacial score (nSPS) is 25.8. The van der Waals surface area contributed by atoms with Crippen LogP contribution in [0.4, 0.5) is 5.82 Å². The molecule has 1 saturated heterocycles. The van der Waals surface area contributed by atoms with E-state index in [4.69, 9.17) is 11.5 Å². The Balaban J connectivity index is 1.40. The van der Waals surface area contributed by atoms with E-state index in [9.17, 15) is 4.79 Å². The highest BCUT2D eigenvalue weighted by atomic mass is 16.1. The molecule has 132 valence electrons. The fraction of sp³-hybridized carbons (Fsp3) is 0.474. The lowest BCUT2D eigenvalue weighted by molar-refractivity contribution is 0.249. The Morgan fingerprint density at radius 3 is 2.36 bits per heavy atom. The van der Waals surface area contributed by atoms with Gasteiger partial charge in [0.05, 0.1) is 5.69 Å². The van der Waals surface area contributed by atoms with Crippen molar-refractivity contribution in [1.29, 1.82) is 0 Å². The average molecular weight is 339 g/mol. The van der Waals surface area contributed by atoms with Crippen LogP contribution in [0.2, 0.25) is 0 Å². The third-order valence-electron chi connectivity index (χ3n) is 5.57. The number of rotatable bonds is 4. The molecule has 0 radical (unpaired) electrons. The molecule has 0 spiro atoms. The Morgan fingerprint density at radius 2 is 1.80 bits per heavy atom. The van der Waals surface area contributed by atoms with Gasteiger partial charge in [-0.25, -0.2) is 4.79 Å². The monoisotopic (exact) mass is 339 g/mol. The van der Waals surface area contributed by atoms with Gasteiger partial charge in [0.25, 0.3) is 0 Å². The van der Waals surface area contributed by atoms with Gasteiger partial charge in [-0.2, -0.15) is 4.98 Å². The van der Waals surface area contributed by atoms with E-state index in [2.05, 4.69) is 35.9 Å². The number of piperidine rings is 1. The molecule has 2 aliphatic rings. The molecular formula is C19H25N5O. The van der Waals surface area contributed by atoms with Crippen molar-refractivity contribution in [3.63, 3.8) is 0 Å². The summed E-state index contributed by atoms with van der Waals surface area (Å²) in [4.78, 5) is 18.2. The smallest absolute Gasteiger partial charge is 0.354 e. The molecule has 0 amide bonds. The maximum absolute atomic E-state index is 11.9. The molecule has 1 saturated carbocycles. The van der Waals surface area contributed by atoms with Gasteiger partial charge >= 0.3 is 5.69 Å². The molecule has 25 heavy (non-hydrogen) atoms. The van der Waals surface area contributed by atoms with Gasteiger partial charge in [-0.1, -0.05) is 12.1 Å². The lowest BCUT2D eigenvalue weighted by Gasteiger charge is -2.25. The molecule has 4 N–H and O–H groups in total. The molecule has 2 aromatic rings. The minimum atomic E-state index is -0.358. The van der Waals surface area contributed by atoms with Gasteiger partial charge < -0.3 is 11.5 Å². The number of nitrogen functional groups attached to an aromatic ring is 1. The first-order valence-electron chi connectivity index (χ1n) is 8.78. The van der Waals surface area contributed by atoms with E-state index in [1.165, 1.54) is 10.1 Å². The summed E-state index contributed by atoms with van der Waals surface area (Å²) in [5, 5.41) is 0. The number of nitrogens with zero attached hydrogens (tertiary/aromatic N) is 3. The zero-order chi connectivity index (χ0) is 17.8. The summed E-state index contributed by atoms with van der Waals surface area (Å²) in [7, 11) is 0. The van der Waals surface area contributed by atoms with Gasteiger partial charge in [0, 0.05) is 31.4 Å². The van der Waals surface area contributed by atoms with Crippen molar-refractivity contribution < 1.29 is 0 Å². The van der Waals surface area contributed by atoms with Crippen LogP contribution < -0.4 is 17.2 Å². The van der Waals surface area contributed by atoms with E-state index in [-0.39, 0.29) is 17.0 Å². The second kappa shape index (κ2) is 5.68. The van der Waals surface area contributed by atoms with Crippen LogP contribution in [0, 0.1) is 17.8 Å². The van der Waals surface area contributed by atoms with Crippen LogP contribution in [0.5, 0.6) is 0 Å². The fourth-order valence-corrected chi connectivity index (χ4v) is 4.48. The summed E-state index contributed by atoms with van der Waals surface area (Å²) in [6, 6.07) is 9.69. The van der Waals surface area contributed by atoms with Crippen LogP contribution in [-0.2, 0) is 6.54 Å². The molecule has 3 atom stereocenters. The Labute approximate surface area is 147 Å². The summed E-state index contributed by atoms with van der Waals surface area (Å²) >= 11 is 0. The minimum Gasteiger partial charge on any atom is -0.383 e. The van der Waals surface area contributed by atoms with Crippen LogP contribution in [0.1, 0.15) is 19.4 Å². The molecular weight excluding hydrogens is 314 g/mol. The highest BCUT2D eigenvalue weighted by Gasteiger charge is 2.59. The number of anilines is 1. The van der Waals surface area contributed by atoms with Crippen molar-refractivity contribution in [3.8, 4) is 5.69 Å². The number of hydrogen-bond acceptors (Lipinski definition) is 5. The van der Waals surface area contributed by atoms with Crippen LogP contribution in [0.3, 0.4) is 0 Å². The van der Waals surface area contributed by atoms with E-state index in [1.54, 1.807) is 12.3 Å². The Bertz CT molecular complexity index is 824. The van der Waals surface area contributed by atoms with Gasteiger partial charge in [-0.15, -0.1) is 0 Å². The topological polar surface area (TPSA) is 90.2 Å². The second-order valence-electron chi connectivity index (χ2n) is 8.04. The summed E-state index contributed by atoms with van der Waals surface area (Å²) < 4.78 is 1.50. The highest BCUT2D eigenvalue weighted by Crippen LogP contribution is 2.56. The Kier molecular flexibility index (Phi) is 3.70. The molecule has 1 aromatic carbocycles. The average Bonchev–Trinajstić information content (AvgIpc) is 3.07. The third-order valence-corrected chi connectivity index (χ3v) is 5.57. The van der Waals surface area contributed by atoms with Gasteiger partial charge in [0.15, 0.2) is 0 Å². The predicted molar refractivity (Wildman–Crippen MR) is 98.3 cm³/mol. The molecule has 0 bridgehead atoms. The van der Waals surface area contributed by atoms with E-state index < -0.39 is 0 Å². The van der Waals surface area contributed by atoms with E-state index in [0.29, 0.717) is 5.92 Å². The number of aromatic nitrogens is 2. The van der Waals surface area contributed by atoms with Crippen LogP contribution in [0.25, 0.3) is 5.69 Å². The SMILES string of the molecule is CC(C)(N)[C@H]1[C@@H]2CN(Cc3ccc(-n4ccc(N)nc4=O)cc3)C[C@@H]21. The standard InChI is InChI=1S/C19H25N5O/c1-19(2,21)17-14-10-23(11-15(14)17)9-12-3-5-13(6-4-12)24-8-7-16(20)22-18(24)25/h3-8,14-15,17H,9-11,21H2,1-2H3,(H2,20,22,25)/t14-,15+,17+. The number of nitrogens with two attached hydrogens (primary N) is 2. The molecule has 1 aliphatic carbocycles. The summed E-state index contributed by atoms with van der Waals surface area (Å²) in [5.74, 6) is 2.44. The molecule has 0 unspecified atom stereocenters. The van der Waals surface area contributed by atoms with Crippen molar-refractivity contribution in [2.75, 3.05) is 18.8 Å². The lowest BCUT2D eigenvalue weighted by Crippen LogP contribution is -2.39. The first-order valence-corrected chi connectivity index (χ1v) is 8.78. The van der Waals surface area contributed by atoms with Crippen molar-refractivity contribution in [2.24, 2.45) is 23.5 Å². The molecule has 4 rings (SSSR count). The first-order chi connectivity index (χ1) is 11.8. The van der Waals surface area contributed by atoms with Crippen molar-refractivity contribution in [1.82, 2.24) is 14.5 Å². The van der Waals surface area contributed by atoms with Crippen LogP contribution in [-0.4, -0.2) is 33.1 Å². The zero-order valence-electron chi connectivity index (χ0n) is 14.7. The van der Waals surface area contributed by atoms with Gasteiger partial charge in [0.2, 0.25) is 0 Å². The van der Waals surface area contributed by atoms with Gasteiger partial charge in [-0.05, 0) is 55.4 Å². The number of hydrogen-bond donors (Lipinski definition) is 2. The number of fused-ring (bicyclic) bond motifs is 1. The zero-order valence-corrected chi connectivity index (χ0v) is 14.7. The maximum atomic E-state index is 11.9. The summed E-state index contributed by atoms with van der Waals surface area (Å²) in [5.41, 5.74) is 13.4. The number of benzene rings is 1. The van der Waals surface area contributed by atoms with Crippen LogP contribution in [0.15, 0.2) is 41.3 Å². The summed E-state index contributed by atoms with van der Waals surface area (Å²) in [6.07, 6.45) is 1.66. The Morgan fingerprint density at radius 1 is 1.16 bits per heavy atom. The van der Waals surface area contributed by atoms with E-state index in [1.807, 2.05) is 12.1 Å². The quantitative estimate of drug-likeness (QED) is 0.874. The van der Waals surface area contributed by atoms with Gasteiger partial charge in [0.1, 0.15) is 5.82 Å². The minimum absolute atomic E-state index is 0.0521. The molecule has 2 heterocycles. The molecule has 6 heteroatoms. The maximum Gasteiger partial charge on any atom is 0.354 e. The van der Waals surface area contributed by atoms with Crippen molar-refractivity contribution in [2.45, 2.75) is 25.9 Å². The fourth-order valence-electron chi connectivity index (χ4n) is 4.48. The highest BCUT2D eigenvalue weighted by molar-refractivity contribution is 5.36. The molecule has 1 aliphatic heterocycles. The van der Waals surface area contributed by atoms with E-state index in [0.717, 1.165) is 37.2 Å². The molecule has 2 fully saturated rings. The molecule has 6 nitrogen and oxygen atoms in total. The van der Waals surface area contributed by atoms with E-state index >= 15 is 0 Å². The first kappa shape index (κ1) is 16.3. The van der Waals surface area contributed by atoms with Crippen molar-refractivity contribution >= 4 is 5.82 Å². The lowest BCUT2D eigenvalue weighted by atomic mass is 9.96. The van der Waals surface area contributed by atoms with Gasteiger partial charge in [-0.3, -0.25) is 9.47 Å². The molecule has 1 aromatic heterocycles. The predicted octanol–water partition coefficient (Wildman–Crippen LogP) is 1.23. The third kappa shape index (κ3) is 3.07. The number of likely N-dealkylation sites (tertiary alicyclic amines) is 1. The summed E-state index contributed by atoms with van der Waals surface area (Å²) in [6.45, 7) is 7.51. The Hall–Kier alpha value is -2.18. The second-order valence-corrected chi connectivity index (χ2v) is 8.04. The largest absolute Gasteiger partial charge is 0.383 e.